The molecular weight excluding hydrogens is 481 g/mol. The van der Waals surface area contributed by atoms with Crippen LogP contribution in [-0.4, -0.2) is 20.6 Å². The Balaban J connectivity index is 1.36. The van der Waals surface area contributed by atoms with Gasteiger partial charge in [0, 0.05) is 12.3 Å². The molecule has 36 heavy (non-hydrogen) atoms. The lowest BCUT2D eigenvalue weighted by Gasteiger charge is -2.08. The molecule has 0 aliphatic carbocycles. The van der Waals surface area contributed by atoms with Crippen LogP contribution >= 0.6 is 0 Å². The Kier molecular flexibility index (Phi) is 6.77. The smallest absolute Gasteiger partial charge is 0.416 e. The molecule has 2 aromatic heterocycles. The summed E-state index contributed by atoms with van der Waals surface area (Å²) in [4.78, 5) is 23.2. The highest BCUT2D eigenvalue weighted by Gasteiger charge is 2.30. The van der Waals surface area contributed by atoms with Gasteiger partial charge in [0.05, 0.1) is 28.9 Å². The zero-order valence-corrected chi connectivity index (χ0v) is 18.8. The van der Waals surface area contributed by atoms with E-state index in [9.17, 15) is 28.1 Å². The Morgan fingerprint density at radius 2 is 2.00 bits per heavy atom. The average molecular weight is 500 g/mol. The summed E-state index contributed by atoms with van der Waals surface area (Å²) in [6.07, 6.45) is -1.61. The number of alkyl halides is 3. The van der Waals surface area contributed by atoms with Crippen molar-refractivity contribution in [1.82, 2.24) is 9.78 Å². The Morgan fingerprint density at radius 1 is 1.19 bits per heavy atom. The first-order valence-electron chi connectivity index (χ1n) is 10.5. The van der Waals surface area contributed by atoms with Crippen molar-refractivity contribution < 1.29 is 32.0 Å². The van der Waals surface area contributed by atoms with E-state index in [-0.39, 0.29) is 36.1 Å². The SMILES string of the molecule is Cc1ccc(OCc2ccc(C(=O)Nc3cnn(Cc4cccc(C(F)(F)F)c4)c3)o2)c([N+](=O)[O-])c1. The van der Waals surface area contributed by atoms with Gasteiger partial charge in [-0.3, -0.25) is 19.6 Å². The van der Waals surface area contributed by atoms with E-state index in [1.165, 1.54) is 47.4 Å². The van der Waals surface area contributed by atoms with Crippen LogP contribution in [0.15, 0.2) is 71.4 Å². The molecule has 4 rings (SSSR count). The van der Waals surface area contributed by atoms with Gasteiger partial charge in [0.25, 0.3) is 5.91 Å². The lowest BCUT2D eigenvalue weighted by molar-refractivity contribution is -0.386. The summed E-state index contributed by atoms with van der Waals surface area (Å²) < 4.78 is 51.1. The highest BCUT2D eigenvalue weighted by Crippen LogP contribution is 2.30. The maximum atomic E-state index is 12.9. The highest BCUT2D eigenvalue weighted by molar-refractivity contribution is 6.02. The molecule has 0 saturated heterocycles. The molecule has 1 N–H and O–H groups in total. The maximum Gasteiger partial charge on any atom is 0.416 e. The fourth-order valence-electron chi connectivity index (χ4n) is 3.36. The van der Waals surface area contributed by atoms with Crippen molar-refractivity contribution in [3.05, 3.63) is 105 Å². The third-order valence-electron chi connectivity index (χ3n) is 5.06. The Morgan fingerprint density at radius 3 is 2.75 bits per heavy atom. The number of carbonyl (C=O) groups is 1. The molecule has 0 aliphatic heterocycles. The number of nitro groups is 1. The van der Waals surface area contributed by atoms with E-state index in [1.54, 1.807) is 19.1 Å². The molecule has 1 amide bonds. The van der Waals surface area contributed by atoms with Crippen molar-refractivity contribution in [2.75, 3.05) is 5.32 Å². The van der Waals surface area contributed by atoms with Crippen LogP contribution in [0, 0.1) is 17.0 Å². The van der Waals surface area contributed by atoms with Crippen molar-refractivity contribution in [2.45, 2.75) is 26.3 Å². The lowest BCUT2D eigenvalue weighted by Crippen LogP contribution is -2.10. The Labute approximate surface area is 202 Å². The van der Waals surface area contributed by atoms with E-state index >= 15 is 0 Å². The minimum Gasteiger partial charge on any atom is -0.479 e. The van der Waals surface area contributed by atoms with Gasteiger partial charge in [-0.05, 0) is 48.4 Å². The highest BCUT2D eigenvalue weighted by atomic mass is 19.4. The summed E-state index contributed by atoms with van der Waals surface area (Å²) >= 11 is 0. The van der Waals surface area contributed by atoms with E-state index in [0.717, 1.165) is 12.1 Å². The number of aryl methyl sites for hydroxylation is 1. The third kappa shape index (κ3) is 5.90. The van der Waals surface area contributed by atoms with Crippen molar-refractivity contribution >= 4 is 17.3 Å². The largest absolute Gasteiger partial charge is 0.479 e. The molecule has 4 aromatic rings. The summed E-state index contributed by atoms with van der Waals surface area (Å²) in [5.74, 6) is -0.268. The van der Waals surface area contributed by atoms with Gasteiger partial charge in [-0.25, -0.2) is 0 Å². The predicted octanol–water partition coefficient (Wildman–Crippen LogP) is 5.59. The standard InChI is InChI=1S/C24H19F3N4O5/c1-15-5-7-21(20(9-15)31(33)34)35-14-19-6-8-22(36-19)23(32)29-18-11-28-30(13-18)12-16-3-2-4-17(10-16)24(25,26)27/h2-11,13H,12,14H2,1H3,(H,29,32). The van der Waals surface area contributed by atoms with Gasteiger partial charge in [-0.1, -0.05) is 18.2 Å². The molecule has 186 valence electrons. The van der Waals surface area contributed by atoms with Crippen LogP contribution < -0.4 is 10.1 Å². The van der Waals surface area contributed by atoms with E-state index < -0.39 is 22.6 Å². The summed E-state index contributed by atoms with van der Waals surface area (Å²) in [6, 6.07) is 12.4. The number of nitrogens with one attached hydrogen (secondary N) is 1. The van der Waals surface area contributed by atoms with Gasteiger partial charge in [-0.15, -0.1) is 0 Å². The number of nitrogens with zero attached hydrogens (tertiary/aromatic N) is 3. The third-order valence-corrected chi connectivity index (χ3v) is 5.06. The van der Waals surface area contributed by atoms with Crippen LogP contribution in [-0.2, 0) is 19.3 Å². The monoisotopic (exact) mass is 500 g/mol. The number of furan rings is 1. The summed E-state index contributed by atoms with van der Waals surface area (Å²) in [5.41, 5.74) is 0.493. The van der Waals surface area contributed by atoms with Gasteiger partial charge in [0.2, 0.25) is 0 Å². The molecule has 9 nitrogen and oxygen atoms in total. The van der Waals surface area contributed by atoms with Crippen LogP contribution in [0.2, 0.25) is 0 Å². The zero-order chi connectivity index (χ0) is 25.9. The van der Waals surface area contributed by atoms with Crippen LogP contribution in [0.25, 0.3) is 0 Å². The van der Waals surface area contributed by atoms with Crippen molar-refractivity contribution in [3.8, 4) is 5.75 Å². The number of carbonyl (C=O) groups excluding carboxylic acids is 1. The molecule has 0 radical (unpaired) electrons. The van der Waals surface area contributed by atoms with Crippen molar-refractivity contribution in [3.63, 3.8) is 0 Å². The molecular formula is C24H19F3N4O5. The fourth-order valence-corrected chi connectivity index (χ4v) is 3.36. The van der Waals surface area contributed by atoms with Crippen LogP contribution in [0.3, 0.4) is 0 Å². The van der Waals surface area contributed by atoms with Crippen LogP contribution in [0.5, 0.6) is 5.75 Å². The average Bonchev–Trinajstić information content (AvgIpc) is 3.47. The molecule has 2 heterocycles. The molecule has 0 aliphatic rings. The van der Waals surface area contributed by atoms with Crippen molar-refractivity contribution in [2.24, 2.45) is 0 Å². The second kappa shape index (κ2) is 9.94. The van der Waals surface area contributed by atoms with Gasteiger partial charge < -0.3 is 14.5 Å². The predicted molar refractivity (Wildman–Crippen MR) is 122 cm³/mol. The van der Waals surface area contributed by atoms with E-state index in [0.29, 0.717) is 16.8 Å². The number of benzene rings is 2. The summed E-state index contributed by atoms with van der Waals surface area (Å²) in [6.45, 7) is 1.67. The van der Waals surface area contributed by atoms with Crippen LogP contribution in [0.4, 0.5) is 24.5 Å². The normalized spacial score (nSPS) is 11.3. The number of ether oxygens (including phenoxy) is 1. The number of amides is 1. The maximum absolute atomic E-state index is 12.9. The number of halogens is 3. The number of aromatic nitrogens is 2. The molecule has 12 heteroatoms. The zero-order valence-electron chi connectivity index (χ0n) is 18.8. The molecule has 0 atom stereocenters. The quantitative estimate of drug-likeness (QED) is 0.249. The molecule has 0 unspecified atom stereocenters. The molecule has 0 fully saturated rings. The van der Waals surface area contributed by atoms with Gasteiger partial charge >= 0.3 is 11.9 Å². The Bertz CT molecular complexity index is 1410. The number of anilines is 1. The number of nitro benzene ring substituents is 1. The minimum atomic E-state index is -4.44. The second-order valence-corrected chi connectivity index (χ2v) is 7.86. The topological polar surface area (TPSA) is 112 Å². The molecule has 2 aromatic carbocycles. The lowest BCUT2D eigenvalue weighted by atomic mass is 10.1. The first-order valence-corrected chi connectivity index (χ1v) is 10.5. The second-order valence-electron chi connectivity index (χ2n) is 7.86. The molecule has 0 spiro atoms. The number of hydrogen-bond donors (Lipinski definition) is 1. The van der Waals surface area contributed by atoms with E-state index in [4.69, 9.17) is 9.15 Å². The van der Waals surface area contributed by atoms with Gasteiger partial charge in [0.15, 0.2) is 11.5 Å². The first-order chi connectivity index (χ1) is 17.1. The van der Waals surface area contributed by atoms with Crippen LogP contribution in [0.1, 0.15) is 33.0 Å². The number of rotatable bonds is 8. The first kappa shape index (κ1) is 24.5. The van der Waals surface area contributed by atoms with Gasteiger partial charge in [0.1, 0.15) is 12.4 Å². The molecule has 0 saturated carbocycles. The van der Waals surface area contributed by atoms with Gasteiger partial charge in [-0.2, -0.15) is 18.3 Å². The van der Waals surface area contributed by atoms with E-state index in [1.807, 2.05) is 0 Å². The molecule has 0 bridgehead atoms. The number of hydrogen-bond acceptors (Lipinski definition) is 6. The minimum absolute atomic E-state index is 0.0300. The van der Waals surface area contributed by atoms with Crippen molar-refractivity contribution in [1.29, 1.82) is 0 Å². The van der Waals surface area contributed by atoms with E-state index in [2.05, 4.69) is 10.4 Å². The summed E-state index contributed by atoms with van der Waals surface area (Å²) in [5, 5.41) is 17.9. The Hall–Kier alpha value is -4.61. The fraction of sp³-hybridized carbons (Fsp3) is 0.167. The summed E-state index contributed by atoms with van der Waals surface area (Å²) in [7, 11) is 0.